The van der Waals surface area contributed by atoms with Crippen molar-refractivity contribution in [1.82, 2.24) is 4.90 Å². The standard InChI is InChI=1S/C14H19F3N2O2/c1-4-10-7-5-6-9(2)12(10)18-13(21)19(3)8-11(20)14(15,16)17/h5-7,11,20H,4,8H2,1-3H3,(H,18,21). The van der Waals surface area contributed by atoms with E-state index in [4.69, 9.17) is 5.11 Å². The molecule has 4 nitrogen and oxygen atoms in total. The predicted octanol–water partition coefficient (Wildman–Crippen LogP) is 2.94. The molecule has 0 aliphatic heterocycles. The maximum Gasteiger partial charge on any atom is 0.416 e. The highest BCUT2D eigenvalue weighted by atomic mass is 19.4. The molecule has 0 saturated carbocycles. The van der Waals surface area contributed by atoms with Crippen molar-refractivity contribution in [2.45, 2.75) is 32.5 Å². The first kappa shape index (κ1) is 17.3. The van der Waals surface area contributed by atoms with Crippen molar-refractivity contribution in [3.05, 3.63) is 29.3 Å². The van der Waals surface area contributed by atoms with Gasteiger partial charge in [0.15, 0.2) is 6.10 Å². The Bertz CT molecular complexity index is 503. The molecule has 0 aliphatic carbocycles. The van der Waals surface area contributed by atoms with E-state index in [-0.39, 0.29) is 0 Å². The molecule has 2 amide bonds. The summed E-state index contributed by atoms with van der Waals surface area (Å²) < 4.78 is 36.8. The number of carbonyl (C=O) groups excluding carboxylic acids is 1. The Labute approximate surface area is 121 Å². The molecule has 0 fully saturated rings. The van der Waals surface area contributed by atoms with Gasteiger partial charge in [-0.1, -0.05) is 25.1 Å². The fourth-order valence-electron chi connectivity index (χ4n) is 1.85. The minimum absolute atomic E-state index is 0.596. The number of carbonyl (C=O) groups is 1. The number of nitrogens with one attached hydrogen (secondary N) is 1. The minimum atomic E-state index is -4.74. The van der Waals surface area contributed by atoms with Gasteiger partial charge >= 0.3 is 12.2 Å². The number of hydrogen-bond donors (Lipinski definition) is 2. The number of urea groups is 1. The molecule has 0 heterocycles. The molecule has 1 unspecified atom stereocenters. The summed E-state index contributed by atoms with van der Waals surface area (Å²) in [5.41, 5.74) is 2.32. The Morgan fingerprint density at radius 1 is 1.43 bits per heavy atom. The van der Waals surface area contributed by atoms with Crippen molar-refractivity contribution in [3.63, 3.8) is 0 Å². The lowest BCUT2D eigenvalue weighted by Gasteiger charge is -2.23. The monoisotopic (exact) mass is 304 g/mol. The lowest BCUT2D eigenvalue weighted by Crippen LogP contribution is -2.43. The summed E-state index contributed by atoms with van der Waals surface area (Å²) in [7, 11) is 1.20. The number of benzene rings is 1. The van der Waals surface area contributed by atoms with Crippen molar-refractivity contribution in [1.29, 1.82) is 0 Å². The molecule has 1 rings (SSSR count). The number of anilines is 1. The van der Waals surface area contributed by atoms with Gasteiger partial charge in [0.05, 0.1) is 6.54 Å². The van der Waals surface area contributed by atoms with Gasteiger partial charge in [-0.2, -0.15) is 13.2 Å². The van der Waals surface area contributed by atoms with Crippen LogP contribution in [0.1, 0.15) is 18.1 Å². The SMILES string of the molecule is CCc1cccc(C)c1NC(=O)N(C)CC(O)C(F)(F)F. The summed E-state index contributed by atoms with van der Waals surface area (Å²) in [5.74, 6) is 0. The molecule has 1 aromatic carbocycles. The van der Waals surface area contributed by atoms with Gasteiger partial charge < -0.3 is 15.3 Å². The van der Waals surface area contributed by atoms with E-state index in [2.05, 4.69) is 5.32 Å². The van der Waals surface area contributed by atoms with E-state index in [0.717, 1.165) is 16.0 Å². The van der Waals surface area contributed by atoms with Crippen molar-refractivity contribution < 1.29 is 23.1 Å². The predicted molar refractivity (Wildman–Crippen MR) is 74.3 cm³/mol. The Balaban J connectivity index is 2.78. The number of aliphatic hydroxyl groups is 1. The molecule has 0 aromatic heterocycles. The number of aliphatic hydroxyl groups excluding tert-OH is 1. The van der Waals surface area contributed by atoms with Gasteiger partial charge in [-0.3, -0.25) is 0 Å². The van der Waals surface area contributed by atoms with Crippen LogP contribution < -0.4 is 5.32 Å². The second-order valence-electron chi connectivity index (χ2n) is 4.83. The number of amides is 2. The van der Waals surface area contributed by atoms with E-state index in [9.17, 15) is 18.0 Å². The lowest BCUT2D eigenvalue weighted by molar-refractivity contribution is -0.205. The van der Waals surface area contributed by atoms with Crippen LogP contribution in [0.4, 0.5) is 23.7 Å². The third kappa shape index (κ3) is 4.63. The summed E-state index contributed by atoms with van der Waals surface area (Å²) in [6.07, 6.45) is -6.62. The van der Waals surface area contributed by atoms with Crippen LogP contribution in [0.2, 0.25) is 0 Å². The number of hydrogen-bond acceptors (Lipinski definition) is 2. The zero-order valence-electron chi connectivity index (χ0n) is 12.2. The van der Waals surface area contributed by atoms with Crippen LogP contribution in [0, 0.1) is 6.92 Å². The lowest BCUT2D eigenvalue weighted by atomic mass is 10.1. The van der Waals surface area contributed by atoms with Gasteiger partial charge in [-0.25, -0.2) is 4.79 Å². The normalized spacial score (nSPS) is 12.9. The van der Waals surface area contributed by atoms with Gasteiger partial charge in [0.2, 0.25) is 0 Å². The number of alkyl halides is 3. The maximum absolute atomic E-state index is 12.3. The number of rotatable bonds is 4. The van der Waals surface area contributed by atoms with Crippen LogP contribution in [0.25, 0.3) is 0 Å². The third-order valence-corrected chi connectivity index (χ3v) is 3.14. The van der Waals surface area contributed by atoms with Crippen LogP contribution in [0.3, 0.4) is 0 Å². The molecular weight excluding hydrogens is 285 g/mol. The Morgan fingerprint density at radius 3 is 2.57 bits per heavy atom. The van der Waals surface area contributed by atoms with Gasteiger partial charge in [-0.05, 0) is 24.5 Å². The van der Waals surface area contributed by atoms with E-state index in [0.29, 0.717) is 12.1 Å². The zero-order valence-corrected chi connectivity index (χ0v) is 12.2. The van der Waals surface area contributed by atoms with Crippen molar-refractivity contribution in [2.75, 3.05) is 18.9 Å². The number of nitrogens with zero attached hydrogens (tertiary/aromatic N) is 1. The summed E-state index contributed by atoms with van der Waals surface area (Å²) in [5, 5.41) is 11.6. The first-order valence-corrected chi connectivity index (χ1v) is 6.52. The van der Waals surface area contributed by atoms with Gasteiger partial charge in [0.25, 0.3) is 0 Å². The van der Waals surface area contributed by atoms with Gasteiger partial charge in [-0.15, -0.1) is 0 Å². The molecule has 0 spiro atoms. The van der Waals surface area contributed by atoms with Crippen molar-refractivity contribution >= 4 is 11.7 Å². The minimum Gasteiger partial charge on any atom is -0.382 e. The Kier molecular flexibility index (Phi) is 5.60. The van der Waals surface area contributed by atoms with Crippen LogP contribution in [-0.2, 0) is 6.42 Å². The summed E-state index contributed by atoms with van der Waals surface area (Å²) in [6, 6.07) is 4.80. The first-order chi connectivity index (χ1) is 9.66. The molecule has 21 heavy (non-hydrogen) atoms. The van der Waals surface area contributed by atoms with Crippen LogP contribution in [0.15, 0.2) is 18.2 Å². The fourth-order valence-corrected chi connectivity index (χ4v) is 1.85. The average Bonchev–Trinajstić information content (AvgIpc) is 2.39. The highest BCUT2D eigenvalue weighted by Gasteiger charge is 2.39. The number of para-hydroxylation sites is 1. The topological polar surface area (TPSA) is 52.6 Å². The first-order valence-electron chi connectivity index (χ1n) is 6.52. The summed E-state index contributed by atoms with van der Waals surface area (Å²) in [4.78, 5) is 12.7. The van der Waals surface area contributed by atoms with E-state index in [1.165, 1.54) is 7.05 Å². The van der Waals surface area contributed by atoms with E-state index >= 15 is 0 Å². The molecular formula is C14H19F3N2O2. The van der Waals surface area contributed by atoms with E-state index < -0.39 is 24.9 Å². The molecule has 0 saturated heterocycles. The second-order valence-corrected chi connectivity index (χ2v) is 4.83. The van der Waals surface area contributed by atoms with Crippen LogP contribution >= 0.6 is 0 Å². The summed E-state index contributed by atoms with van der Waals surface area (Å²) in [6.45, 7) is 2.91. The molecule has 118 valence electrons. The third-order valence-electron chi connectivity index (χ3n) is 3.14. The van der Waals surface area contributed by atoms with Crippen LogP contribution in [-0.4, -0.2) is 41.9 Å². The molecule has 0 bridgehead atoms. The van der Waals surface area contributed by atoms with Crippen LogP contribution in [0.5, 0.6) is 0 Å². The highest BCUT2D eigenvalue weighted by molar-refractivity contribution is 5.91. The van der Waals surface area contributed by atoms with E-state index in [1.54, 1.807) is 13.0 Å². The van der Waals surface area contributed by atoms with E-state index in [1.807, 2.05) is 19.1 Å². The van der Waals surface area contributed by atoms with Crippen molar-refractivity contribution in [2.24, 2.45) is 0 Å². The zero-order chi connectivity index (χ0) is 16.2. The van der Waals surface area contributed by atoms with Crippen molar-refractivity contribution in [3.8, 4) is 0 Å². The molecule has 0 aliphatic rings. The maximum atomic E-state index is 12.3. The Hall–Kier alpha value is -1.76. The molecule has 1 aromatic rings. The molecule has 0 radical (unpaired) electrons. The summed E-state index contributed by atoms with van der Waals surface area (Å²) >= 11 is 0. The number of likely N-dealkylation sites (N-methyl/N-ethyl adjacent to an activating group) is 1. The van der Waals surface area contributed by atoms with Gasteiger partial charge in [0, 0.05) is 12.7 Å². The average molecular weight is 304 g/mol. The smallest absolute Gasteiger partial charge is 0.382 e. The molecule has 2 N–H and O–H groups in total. The largest absolute Gasteiger partial charge is 0.416 e. The Morgan fingerprint density at radius 2 is 2.05 bits per heavy atom. The quantitative estimate of drug-likeness (QED) is 0.898. The second kappa shape index (κ2) is 6.80. The molecule has 1 atom stereocenters. The number of halogens is 3. The van der Waals surface area contributed by atoms with Gasteiger partial charge in [0.1, 0.15) is 0 Å². The number of aryl methyl sites for hydroxylation is 2. The highest BCUT2D eigenvalue weighted by Crippen LogP contribution is 2.23. The molecule has 7 heteroatoms. The fraction of sp³-hybridized carbons (Fsp3) is 0.500.